The van der Waals surface area contributed by atoms with E-state index in [1.54, 1.807) is 0 Å². The van der Waals surface area contributed by atoms with E-state index in [4.69, 9.17) is 0 Å². The lowest BCUT2D eigenvalue weighted by molar-refractivity contribution is 0.394. The fourth-order valence-corrected chi connectivity index (χ4v) is 1.42. The first-order valence-electron chi connectivity index (χ1n) is 4.94. The molecule has 0 spiro atoms. The van der Waals surface area contributed by atoms with Crippen molar-refractivity contribution >= 4 is 6.08 Å². The zero-order valence-electron chi connectivity index (χ0n) is 8.58. The van der Waals surface area contributed by atoms with Gasteiger partial charge in [0.15, 0.2) is 0 Å². The second-order valence-electron chi connectivity index (χ2n) is 3.38. The molecule has 0 bridgehead atoms. The molecule has 0 saturated heterocycles. The highest BCUT2D eigenvalue weighted by atomic mass is 15.3. The van der Waals surface area contributed by atoms with Gasteiger partial charge in [0.25, 0.3) is 0 Å². The van der Waals surface area contributed by atoms with Crippen molar-refractivity contribution in [2.24, 2.45) is 0 Å². The second kappa shape index (κ2) is 4.51. The smallest absolute Gasteiger partial charge is 0.0977 e. The Morgan fingerprint density at radius 2 is 1.80 bits per heavy atom. The minimum Gasteiger partial charge on any atom is -0.335 e. The largest absolute Gasteiger partial charge is 0.335 e. The standard InChI is InChI=1S/C13H14N2/c1-2-14-10-11-15(12-14)9-8-13-6-4-3-5-7-13/h2-11H,1,12H2. The van der Waals surface area contributed by atoms with Gasteiger partial charge < -0.3 is 9.80 Å². The second-order valence-corrected chi connectivity index (χ2v) is 3.38. The Hall–Kier alpha value is -1.96. The third-order valence-electron chi connectivity index (χ3n) is 2.27. The predicted octanol–water partition coefficient (Wildman–Crippen LogP) is 2.85. The summed E-state index contributed by atoms with van der Waals surface area (Å²) in [4.78, 5) is 4.13. The van der Waals surface area contributed by atoms with Crippen LogP contribution >= 0.6 is 0 Å². The summed E-state index contributed by atoms with van der Waals surface area (Å²) in [6.07, 6.45) is 10.0. The van der Waals surface area contributed by atoms with Crippen molar-refractivity contribution in [3.63, 3.8) is 0 Å². The van der Waals surface area contributed by atoms with E-state index < -0.39 is 0 Å². The van der Waals surface area contributed by atoms with Crippen LogP contribution in [0.4, 0.5) is 0 Å². The Morgan fingerprint density at radius 1 is 1.07 bits per heavy atom. The van der Waals surface area contributed by atoms with E-state index in [2.05, 4.69) is 35.9 Å². The molecule has 0 aliphatic carbocycles. The number of rotatable bonds is 3. The van der Waals surface area contributed by atoms with Crippen LogP contribution in [0.5, 0.6) is 0 Å². The van der Waals surface area contributed by atoms with E-state index in [1.165, 1.54) is 5.56 Å². The van der Waals surface area contributed by atoms with E-state index in [1.807, 2.05) is 41.7 Å². The van der Waals surface area contributed by atoms with Gasteiger partial charge in [-0.25, -0.2) is 0 Å². The van der Waals surface area contributed by atoms with Gasteiger partial charge in [0.1, 0.15) is 0 Å². The van der Waals surface area contributed by atoms with Gasteiger partial charge in [-0.2, -0.15) is 0 Å². The highest BCUT2D eigenvalue weighted by Crippen LogP contribution is 2.09. The number of benzene rings is 1. The maximum absolute atomic E-state index is 3.72. The molecular formula is C13H14N2. The SMILES string of the molecule is C=CN1C=CN(C=Cc2ccccc2)C1. The van der Waals surface area contributed by atoms with Gasteiger partial charge in [-0.3, -0.25) is 0 Å². The molecule has 1 aromatic carbocycles. The molecule has 0 saturated carbocycles. The van der Waals surface area contributed by atoms with Crippen molar-refractivity contribution < 1.29 is 0 Å². The van der Waals surface area contributed by atoms with Gasteiger partial charge in [-0.1, -0.05) is 36.9 Å². The fourth-order valence-electron chi connectivity index (χ4n) is 1.42. The molecule has 0 unspecified atom stereocenters. The van der Waals surface area contributed by atoms with Gasteiger partial charge in [0, 0.05) is 18.6 Å². The Kier molecular flexibility index (Phi) is 2.88. The topological polar surface area (TPSA) is 6.48 Å². The molecule has 2 nitrogen and oxygen atoms in total. The van der Waals surface area contributed by atoms with Crippen molar-refractivity contribution in [2.75, 3.05) is 6.67 Å². The monoisotopic (exact) mass is 198 g/mol. The summed E-state index contributed by atoms with van der Waals surface area (Å²) in [5.41, 5.74) is 1.21. The molecule has 15 heavy (non-hydrogen) atoms. The summed E-state index contributed by atoms with van der Waals surface area (Å²) >= 11 is 0. The van der Waals surface area contributed by atoms with Gasteiger partial charge in [-0.15, -0.1) is 0 Å². The molecule has 0 radical (unpaired) electrons. The van der Waals surface area contributed by atoms with E-state index >= 15 is 0 Å². The minimum absolute atomic E-state index is 0.840. The molecule has 0 amide bonds. The molecule has 76 valence electrons. The zero-order chi connectivity index (χ0) is 10.5. The third kappa shape index (κ3) is 2.50. The molecule has 1 aromatic rings. The van der Waals surface area contributed by atoms with Crippen LogP contribution in [0.2, 0.25) is 0 Å². The zero-order valence-corrected chi connectivity index (χ0v) is 8.58. The van der Waals surface area contributed by atoms with E-state index in [-0.39, 0.29) is 0 Å². The van der Waals surface area contributed by atoms with E-state index in [9.17, 15) is 0 Å². The molecule has 1 aliphatic rings. The van der Waals surface area contributed by atoms with Crippen molar-refractivity contribution in [1.82, 2.24) is 9.80 Å². The Morgan fingerprint density at radius 3 is 2.47 bits per heavy atom. The summed E-state index contributed by atoms with van der Waals surface area (Å²) in [7, 11) is 0. The van der Waals surface area contributed by atoms with E-state index in [0.717, 1.165) is 6.67 Å². The normalized spacial score (nSPS) is 15.2. The summed E-state index contributed by atoms with van der Waals surface area (Å²) in [6.45, 7) is 4.56. The average Bonchev–Trinajstić information content (AvgIpc) is 2.76. The number of hydrogen-bond donors (Lipinski definition) is 0. The Bertz CT molecular complexity index is 379. The van der Waals surface area contributed by atoms with Crippen LogP contribution in [0, 0.1) is 0 Å². The van der Waals surface area contributed by atoms with Crippen LogP contribution in [-0.4, -0.2) is 16.5 Å². The summed E-state index contributed by atoms with van der Waals surface area (Å²) in [6, 6.07) is 10.3. The molecule has 2 rings (SSSR count). The molecule has 0 N–H and O–H groups in total. The third-order valence-corrected chi connectivity index (χ3v) is 2.27. The molecule has 2 heteroatoms. The first kappa shape index (κ1) is 9.59. The Balaban J connectivity index is 1.96. The summed E-state index contributed by atoms with van der Waals surface area (Å²) in [5, 5.41) is 0. The lowest BCUT2D eigenvalue weighted by Crippen LogP contribution is -2.16. The van der Waals surface area contributed by atoms with E-state index in [0.29, 0.717) is 0 Å². The molecule has 0 fully saturated rings. The highest BCUT2D eigenvalue weighted by molar-refractivity contribution is 5.48. The first-order chi connectivity index (χ1) is 7.38. The van der Waals surface area contributed by atoms with Crippen LogP contribution in [0.25, 0.3) is 6.08 Å². The van der Waals surface area contributed by atoms with Gasteiger partial charge >= 0.3 is 0 Å². The summed E-state index contributed by atoms with van der Waals surface area (Å²) < 4.78 is 0. The predicted molar refractivity (Wildman–Crippen MR) is 63.4 cm³/mol. The van der Waals surface area contributed by atoms with Crippen molar-refractivity contribution in [2.45, 2.75) is 0 Å². The van der Waals surface area contributed by atoms with Gasteiger partial charge in [0.05, 0.1) is 6.67 Å². The molecule has 0 aromatic heterocycles. The van der Waals surface area contributed by atoms with Crippen LogP contribution in [-0.2, 0) is 0 Å². The molecule has 1 heterocycles. The number of nitrogens with zero attached hydrogens (tertiary/aromatic N) is 2. The molecule has 1 aliphatic heterocycles. The van der Waals surface area contributed by atoms with Crippen LogP contribution in [0.3, 0.4) is 0 Å². The maximum atomic E-state index is 3.72. The highest BCUT2D eigenvalue weighted by Gasteiger charge is 2.05. The maximum Gasteiger partial charge on any atom is 0.0977 e. The molecule has 0 atom stereocenters. The molecular weight excluding hydrogens is 184 g/mol. The van der Waals surface area contributed by atoms with Crippen molar-refractivity contribution in [3.8, 4) is 0 Å². The van der Waals surface area contributed by atoms with Gasteiger partial charge in [-0.05, 0) is 17.8 Å². The fraction of sp³-hybridized carbons (Fsp3) is 0.0769. The quantitative estimate of drug-likeness (QED) is 0.737. The van der Waals surface area contributed by atoms with Gasteiger partial charge in [0.2, 0.25) is 0 Å². The van der Waals surface area contributed by atoms with Crippen molar-refractivity contribution in [3.05, 3.63) is 67.3 Å². The first-order valence-corrected chi connectivity index (χ1v) is 4.94. The lowest BCUT2D eigenvalue weighted by Gasteiger charge is -2.13. The number of hydrogen-bond acceptors (Lipinski definition) is 2. The summed E-state index contributed by atoms with van der Waals surface area (Å²) in [5.74, 6) is 0. The minimum atomic E-state index is 0.840. The van der Waals surface area contributed by atoms with Crippen LogP contribution < -0.4 is 0 Å². The van der Waals surface area contributed by atoms with Crippen LogP contribution in [0.15, 0.2) is 61.7 Å². The Labute approximate surface area is 90.4 Å². The van der Waals surface area contributed by atoms with Crippen molar-refractivity contribution in [1.29, 1.82) is 0 Å². The van der Waals surface area contributed by atoms with Crippen LogP contribution in [0.1, 0.15) is 5.56 Å². The average molecular weight is 198 g/mol. The lowest BCUT2D eigenvalue weighted by atomic mass is 10.2.